The van der Waals surface area contributed by atoms with Gasteiger partial charge in [0.1, 0.15) is 4.21 Å². The molecule has 1 atom stereocenters. The van der Waals surface area contributed by atoms with Gasteiger partial charge in [-0.1, -0.05) is 19.8 Å². The van der Waals surface area contributed by atoms with Crippen LogP contribution in [0.5, 0.6) is 0 Å². The lowest BCUT2D eigenvalue weighted by Crippen LogP contribution is -2.41. The minimum absolute atomic E-state index is 0.0920. The van der Waals surface area contributed by atoms with E-state index in [9.17, 15) is 13.5 Å². The lowest BCUT2D eigenvalue weighted by molar-refractivity contribution is 0.186. The molecule has 4 nitrogen and oxygen atoms in total. The number of sulfonamides is 1. The van der Waals surface area contributed by atoms with E-state index in [-0.39, 0.29) is 12.6 Å². The third-order valence-corrected chi connectivity index (χ3v) is 7.23. The molecule has 6 heteroatoms. The van der Waals surface area contributed by atoms with Crippen LogP contribution in [-0.4, -0.2) is 37.0 Å². The van der Waals surface area contributed by atoms with Crippen LogP contribution in [0, 0.1) is 0 Å². The van der Waals surface area contributed by atoms with Gasteiger partial charge in [-0.25, -0.2) is 8.42 Å². The first-order chi connectivity index (χ1) is 9.09. The third kappa shape index (κ3) is 3.18. The van der Waals surface area contributed by atoms with Crippen molar-refractivity contribution in [3.8, 4) is 0 Å². The molecule has 1 aliphatic heterocycles. The quantitative estimate of drug-likeness (QED) is 0.928. The van der Waals surface area contributed by atoms with E-state index in [0.29, 0.717) is 10.8 Å². The van der Waals surface area contributed by atoms with Crippen LogP contribution in [0.1, 0.15) is 37.5 Å². The average Bonchev–Trinajstić information content (AvgIpc) is 2.76. The summed E-state index contributed by atoms with van der Waals surface area (Å²) in [6, 6.07) is 3.31. The molecular weight excluding hydrogens is 282 g/mol. The minimum Gasteiger partial charge on any atom is -0.395 e. The van der Waals surface area contributed by atoms with E-state index in [0.717, 1.165) is 37.0 Å². The molecule has 0 amide bonds. The third-order valence-electron chi connectivity index (χ3n) is 3.58. The van der Waals surface area contributed by atoms with E-state index >= 15 is 0 Å². The molecule has 1 aromatic rings. The topological polar surface area (TPSA) is 57.6 Å². The van der Waals surface area contributed by atoms with Gasteiger partial charge in [-0.2, -0.15) is 4.31 Å². The lowest BCUT2D eigenvalue weighted by atomic mass is 10.1. The summed E-state index contributed by atoms with van der Waals surface area (Å²) in [6.07, 6.45) is 4.50. The first-order valence-electron chi connectivity index (χ1n) is 6.81. The van der Waals surface area contributed by atoms with Crippen molar-refractivity contribution in [1.82, 2.24) is 4.31 Å². The molecule has 0 bridgehead atoms. The number of aliphatic hydroxyl groups is 1. The molecule has 0 aliphatic carbocycles. The molecule has 1 fully saturated rings. The fraction of sp³-hybridized carbons (Fsp3) is 0.692. The van der Waals surface area contributed by atoms with Gasteiger partial charge in [-0.05, 0) is 31.4 Å². The smallest absolute Gasteiger partial charge is 0.252 e. The molecule has 1 aliphatic rings. The summed E-state index contributed by atoms with van der Waals surface area (Å²) in [5.41, 5.74) is 0. The molecule has 0 saturated carbocycles. The molecule has 2 heterocycles. The maximum Gasteiger partial charge on any atom is 0.252 e. The van der Waals surface area contributed by atoms with Gasteiger partial charge in [-0.3, -0.25) is 0 Å². The molecule has 0 radical (unpaired) electrons. The second-order valence-corrected chi connectivity index (χ2v) is 8.16. The zero-order valence-electron chi connectivity index (χ0n) is 11.2. The van der Waals surface area contributed by atoms with E-state index in [1.54, 1.807) is 6.07 Å². The Morgan fingerprint density at radius 1 is 1.37 bits per heavy atom. The Bertz CT molecular complexity index is 510. The van der Waals surface area contributed by atoms with Crippen molar-refractivity contribution in [2.75, 3.05) is 13.2 Å². The molecule has 1 aromatic heterocycles. The van der Waals surface area contributed by atoms with Gasteiger partial charge in [0.25, 0.3) is 10.0 Å². The van der Waals surface area contributed by atoms with Crippen LogP contribution in [-0.2, 0) is 16.4 Å². The summed E-state index contributed by atoms with van der Waals surface area (Å²) < 4.78 is 27.2. The largest absolute Gasteiger partial charge is 0.395 e. The Hall–Kier alpha value is -0.430. The number of hydrogen-bond donors (Lipinski definition) is 1. The Morgan fingerprint density at radius 2 is 2.16 bits per heavy atom. The second kappa shape index (κ2) is 6.35. The molecule has 1 saturated heterocycles. The highest BCUT2D eigenvalue weighted by Gasteiger charge is 2.32. The van der Waals surface area contributed by atoms with E-state index in [4.69, 9.17) is 0 Å². The molecule has 19 heavy (non-hydrogen) atoms. The summed E-state index contributed by atoms with van der Waals surface area (Å²) in [5, 5.41) is 9.45. The monoisotopic (exact) mass is 303 g/mol. The van der Waals surface area contributed by atoms with Crippen LogP contribution < -0.4 is 0 Å². The molecular formula is C13H21NO3S2. The highest BCUT2D eigenvalue weighted by molar-refractivity contribution is 7.91. The fourth-order valence-corrected chi connectivity index (χ4v) is 5.56. The van der Waals surface area contributed by atoms with Gasteiger partial charge in [0, 0.05) is 17.5 Å². The van der Waals surface area contributed by atoms with E-state index in [2.05, 4.69) is 0 Å². The predicted octanol–water partition coefficient (Wildman–Crippen LogP) is 2.24. The number of thiophene rings is 1. The SMILES string of the molecule is CCc1ccc(S(=O)(=O)N2CCCCCC2CO)s1. The number of aryl methyl sites for hydroxylation is 1. The van der Waals surface area contributed by atoms with E-state index < -0.39 is 10.0 Å². The van der Waals surface area contributed by atoms with Gasteiger partial charge in [-0.15, -0.1) is 11.3 Å². The van der Waals surface area contributed by atoms with Crippen molar-refractivity contribution in [2.24, 2.45) is 0 Å². The highest BCUT2D eigenvalue weighted by Crippen LogP contribution is 2.29. The molecule has 2 rings (SSSR count). The van der Waals surface area contributed by atoms with Gasteiger partial charge in [0.15, 0.2) is 0 Å². The van der Waals surface area contributed by atoms with Crippen LogP contribution in [0.15, 0.2) is 16.3 Å². The molecule has 1 unspecified atom stereocenters. The Labute approximate surface area is 119 Å². The summed E-state index contributed by atoms with van der Waals surface area (Å²) in [7, 11) is -3.44. The van der Waals surface area contributed by atoms with E-state index in [1.807, 2.05) is 13.0 Å². The zero-order valence-corrected chi connectivity index (χ0v) is 12.8. The number of rotatable bonds is 4. The predicted molar refractivity (Wildman–Crippen MR) is 76.9 cm³/mol. The van der Waals surface area contributed by atoms with Crippen molar-refractivity contribution in [1.29, 1.82) is 0 Å². The highest BCUT2D eigenvalue weighted by atomic mass is 32.2. The lowest BCUT2D eigenvalue weighted by Gasteiger charge is -2.26. The minimum atomic E-state index is -3.44. The standard InChI is InChI=1S/C13H21NO3S2/c1-2-12-7-8-13(18-12)19(16,17)14-9-5-3-4-6-11(14)10-15/h7-8,11,15H,2-6,9-10H2,1H3. The van der Waals surface area contributed by atoms with Crippen LogP contribution >= 0.6 is 11.3 Å². The number of hydrogen-bond acceptors (Lipinski definition) is 4. The fourth-order valence-electron chi connectivity index (χ4n) is 2.45. The summed E-state index contributed by atoms with van der Waals surface area (Å²) in [4.78, 5) is 1.08. The van der Waals surface area contributed by atoms with Crippen LogP contribution in [0.25, 0.3) is 0 Å². The first kappa shape index (κ1) is 15.0. The van der Waals surface area contributed by atoms with Gasteiger partial charge >= 0.3 is 0 Å². The average molecular weight is 303 g/mol. The Balaban J connectivity index is 2.30. The summed E-state index contributed by atoms with van der Waals surface area (Å²) >= 11 is 1.34. The van der Waals surface area contributed by atoms with Crippen molar-refractivity contribution < 1.29 is 13.5 Å². The number of aliphatic hydroxyl groups excluding tert-OH is 1. The summed E-state index contributed by atoms with van der Waals surface area (Å²) in [6.45, 7) is 2.45. The van der Waals surface area contributed by atoms with Gasteiger partial charge in [0.2, 0.25) is 0 Å². The van der Waals surface area contributed by atoms with Crippen LogP contribution in [0.2, 0.25) is 0 Å². The van der Waals surface area contributed by atoms with Crippen molar-refractivity contribution in [3.05, 3.63) is 17.0 Å². The van der Waals surface area contributed by atoms with Crippen LogP contribution in [0.3, 0.4) is 0 Å². The normalized spacial score (nSPS) is 22.3. The van der Waals surface area contributed by atoms with Gasteiger partial charge < -0.3 is 5.11 Å². The van der Waals surface area contributed by atoms with Crippen molar-refractivity contribution in [3.63, 3.8) is 0 Å². The zero-order chi connectivity index (χ0) is 13.9. The maximum absolute atomic E-state index is 12.7. The molecule has 0 spiro atoms. The van der Waals surface area contributed by atoms with E-state index in [1.165, 1.54) is 15.6 Å². The van der Waals surface area contributed by atoms with Crippen molar-refractivity contribution in [2.45, 2.75) is 49.3 Å². The van der Waals surface area contributed by atoms with Gasteiger partial charge in [0.05, 0.1) is 6.61 Å². The van der Waals surface area contributed by atoms with Crippen molar-refractivity contribution >= 4 is 21.4 Å². The Kier molecular flexibility index (Phi) is 5.00. The molecule has 108 valence electrons. The second-order valence-electron chi connectivity index (χ2n) is 4.88. The Morgan fingerprint density at radius 3 is 2.79 bits per heavy atom. The first-order valence-corrected chi connectivity index (χ1v) is 9.06. The number of nitrogens with zero attached hydrogens (tertiary/aromatic N) is 1. The summed E-state index contributed by atoms with van der Waals surface area (Å²) in [5.74, 6) is 0. The maximum atomic E-state index is 12.7. The molecule has 0 aromatic carbocycles. The van der Waals surface area contributed by atoms with Crippen LogP contribution in [0.4, 0.5) is 0 Å². The molecule has 1 N–H and O–H groups in total.